The summed E-state index contributed by atoms with van der Waals surface area (Å²) in [4.78, 5) is 11.6. The van der Waals surface area contributed by atoms with Crippen molar-refractivity contribution >= 4 is 27.3 Å². The van der Waals surface area contributed by atoms with Gasteiger partial charge in [-0.05, 0) is 37.1 Å². The van der Waals surface area contributed by atoms with Crippen LogP contribution in [0.25, 0.3) is 0 Å². The summed E-state index contributed by atoms with van der Waals surface area (Å²) in [5.41, 5.74) is -0.467. The normalized spacial score (nSPS) is 17.6. The summed E-state index contributed by atoms with van der Waals surface area (Å²) in [5, 5.41) is 11.5. The zero-order valence-corrected chi connectivity index (χ0v) is 12.9. The van der Waals surface area contributed by atoms with E-state index in [1.165, 1.54) is 7.11 Å². The lowest BCUT2D eigenvalue weighted by atomic mass is 9.81. The number of carbonyl (C=O) groups is 1. The van der Waals surface area contributed by atoms with Gasteiger partial charge in [-0.15, -0.1) is 11.3 Å². The van der Waals surface area contributed by atoms with Crippen LogP contribution in [0, 0.1) is 6.92 Å². The van der Waals surface area contributed by atoms with E-state index in [9.17, 15) is 18.3 Å². The Morgan fingerprint density at radius 3 is 2.70 bits per heavy atom. The Labute approximate surface area is 121 Å². The number of ether oxygens (including phenoxy) is 1. The van der Waals surface area contributed by atoms with Crippen molar-refractivity contribution in [2.75, 3.05) is 13.7 Å². The summed E-state index contributed by atoms with van der Waals surface area (Å²) in [6, 6.07) is 0. The Morgan fingerprint density at radius 2 is 2.20 bits per heavy atom. The highest BCUT2D eigenvalue weighted by Crippen LogP contribution is 2.32. The first-order chi connectivity index (χ1) is 9.29. The largest absolute Gasteiger partial charge is 0.465 e. The van der Waals surface area contributed by atoms with Crippen LogP contribution in [0.1, 0.15) is 34.5 Å². The molecule has 0 spiro atoms. The number of hydrogen-bond donors (Lipinski definition) is 2. The minimum Gasteiger partial charge on any atom is -0.465 e. The highest BCUT2D eigenvalue weighted by Gasteiger charge is 2.36. The molecule has 1 aliphatic rings. The van der Waals surface area contributed by atoms with Crippen molar-refractivity contribution in [3.8, 4) is 0 Å². The van der Waals surface area contributed by atoms with E-state index >= 15 is 0 Å². The zero-order chi connectivity index (χ0) is 15.0. The van der Waals surface area contributed by atoms with Gasteiger partial charge in [-0.1, -0.05) is 0 Å². The number of nitrogens with one attached hydrogen (secondary N) is 1. The second kappa shape index (κ2) is 5.44. The van der Waals surface area contributed by atoms with E-state index in [2.05, 4.69) is 9.46 Å². The average molecular weight is 319 g/mol. The van der Waals surface area contributed by atoms with Crippen molar-refractivity contribution in [2.45, 2.75) is 36.7 Å². The summed E-state index contributed by atoms with van der Waals surface area (Å²) in [7, 11) is -2.64. The second-order valence-corrected chi connectivity index (χ2v) is 7.55. The van der Waals surface area contributed by atoms with Crippen LogP contribution in [0.2, 0.25) is 0 Å². The van der Waals surface area contributed by atoms with Crippen LogP contribution in [-0.2, 0) is 14.8 Å². The van der Waals surface area contributed by atoms with Gasteiger partial charge in [0.15, 0.2) is 0 Å². The molecule has 112 valence electrons. The number of rotatable bonds is 5. The van der Waals surface area contributed by atoms with Gasteiger partial charge in [0.05, 0.1) is 12.7 Å². The van der Waals surface area contributed by atoms with Crippen LogP contribution in [0.4, 0.5) is 0 Å². The van der Waals surface area contributed by atoms with Crippen molar-refractivity contribution in [1.82, 2.24) is 4.72 Å². The first kappa shape index (κ1) is 15.4. The van der Waals surface area contributed by atoms with Crippen molar-refractivity contribution in [2.24, 2.45) is 0 Å². The summed E-state index contributed by atoms with van der Waals surface area (Å²) in [5.74, 6) is -0.675. The Kier molecular flexibility index (Phi) is 4.19. The van der Waals surface area contributed by atoms with Gasteiger partial charge >= 0.3 is 5.97 Å². The molecule has 8 heteroatoms. The van der Waals surface area contributed by atoms with E-state index in [-0.39, 0.29) is 16.3 Å². The molecule has 0 amide bonds. The Morgan fingerprint density at radius 1 is 1.55 bits per heavy atom. The fraction of sp³-hybridized carbons (Fsp3) is 0.583. The van der Waals surface area contributed by atoms with E-state index in [0.717, 1.165) is 17.8 Å². The third-order valence-electron chi connectivity index (χ3n) is 3.43. The molecule has 0 saturated heterocycles. The van der Waals surface area contributed by atoms with E-state index < -0.39 is 21.6 Å². The molecule has 20 heavy (non-hydrogen) atoms. The Hall–Kier alpha value is -0.960. The van der Waals surface area contributed by atoms with Gasteiger partial charge in [0, 0.05) is 6.54 Å². The number of aryl methyl sites for hydroxylation is 1. The molecule has 1 aromatic rings. The fourth-order valence-electron chi connectivity index (χ4n) is 2.06. The predicted octanol–water partition coefficient (Wildman–Crippen LogP) is 1.04. The Bertz CT molecular complexity index is 616. The molecular weight excluding hydrogens is 302 g/mol. The van der Waals surface area contributed by atoms with Gasteiger partial charge in [-0.3, -0.25) is 0 Å². The SMILES string of the molecule is COC(=O)c1scc(C)c1S(=O)(=O)NCC1(O)CCC1. The van der Waals surface area contributed by atoms with Crippen molar-refractivity contribution in [3.63, 3.8) is 0 Å². The van der Waals surface area contributed by atoms with E-state index in [4.69, 9.17) is 0 Å². The van der Waals surface area contributed by atoms with Gasteiger partial charge in [0.1, 0.15) is 9.77 Å². The molecule has 0 unspecified atom stereocenters. The summed E-state index contributed by atoms with van der Waals surface area (Å²) >= 11 is 1.03. The van der Waals surface area contributed by atoms with Crippen LogP contribution in [-0.4, -0.2) is 38.7 Å². The minimum atomic E-state index is -3.84. The molecule has 0 atom stereocenters. The molecule has 0 aliphatic heterocycles. The number of aliphatic hydroxyl groups is 1. The van der Waals surface area contributed by atoms with Crippen LogP contribution in [0.3, 0.4) is 0 Å². The Balaban J connectivity index is 2.25. The number of esters is 1. The van der Waals surface area contributed by atoms with Gasteiger partial charge in [0.2, 0.25) is 10.0 Å². The van der Waals surface area contributed by atoms with Crippen LogP contribution >= 0.6 is 11.3 Å². The molecule has 0 aromatic carbocycles. The third kappa shape index (κ3) is 2.88. The number of hydrogen-bond acceptors (Lipinski definition) is 6. The molecule has 1 aliphatic carbocycles. The zero-order valence-electron chi connectivity index (χ0n) is 11.3. The van der Waals surface area contributed by atoms with Crippen LogP contribution in [0.15, 0.2) is 10.3 Å². The van der Waals surface area contributed by atoms with Gasteiger partial charge in [0.25, 0.3) is 0 Å². The predicted molar refractivity (Wildman–Crippen MR) is 74.4 cm³/mol. The smallest absolute Gasteiger partial charge is 0.349 e. The first-order valence-corrected chi connectivity index (χ1v) is 8.54. The van der Waals surface area contributed by atoms with Crippen LogP contribution in [0.5, 0.6) is 0 Å². The first-order valence-electron chi connectivity index (χ1n) is 6.17. The minimum absolute atomic E-state index is 0.0365. The van der Waals surface area contributed by atoms with E-state index in [1.54, 1.807) is 12.3 Å². The van der Waals surface area contributed by atoms with Gasteiger partial charge in [-0.2, -0.15) is 0 Å². The molecule has 2 rings (SSSR count). The highest BCUT2D eigenvalue weighted by atomic mass is 32.2. The second-order valence-electron chi connectivity index (χ2n) is 4.97. The van der Waals surface area contributed by atoms with Gasteiger partial charge < -0.3 is 9.84 Å². The van der Waals surface area contributed by atoms with Crippen molar-refractivity contribution in [3.05, 3.63) is 15.8 Å². The maximum atomic E-state index is 12.3. The lowest BCUT2D eigenvalue weighted by Gasteiger charge is -2.36. The molecule has 1 saturated carbocycles. The van der Waals surface area contributed by atoms with Crippen molar-refractivity contribution < 1.29 is 23.1 Å². The van der Waals surface area contributed by atoms with Crippen LogP contribution < -0.4 is 4.72 Å². The molecule has 2 N–H and O–H groups in total. The van der Waals surface area contributed by atoms with E-state index in [1.807, 2.05) is 0 Å². The highest BCUT2D eigenvalue weighted by molar-refractivity contribution is 7.89. The summed E-state index contributed by atoms with van der Waals surface area (Å²) < 4.78 is 31.6. The number of carbonyl (C=O) groups excluding carboxylic acids is 1. The molecule has 6 nitrogen and oxygen atoms in total. The maximum Gasteiger partial charge on any atom is 0.349 e. The summed E-state index contributed by atoms with van der Waals surface area (Å²) in [6.45, 7) is 1.58. The third-order valence-corrected chi connectivity index (χ3v) is 6.23. The number of methoxy groups -OCH3 is 1. The molecule has 1 heterocycles. The monoisotopic (exact) mass is 319 g/mol. The molecule has 0 radical (unpaired) electrons. The topological polar surface area (TPSA) is 92.7 Å². The quantitative estimate of drug-likeness (QED) is 0.791. The molecule has 1 fully saturated rings. The molecular formula is C12H17NO5S2. The maximum absolute atomic E-state index is 12.3. The lowest BCUT2D eigenvalue weighted by Crippen LogP contribution is -2.47. The van der Waals surface area contributed by atoms with E-state index in [0.29, 0.717) is 18.4 Å². The summed E-state index contributed by atoms with van der Waals surface area (Å²) in [6.07, 6.45) is 2.06. The van der Waals surface area contributed by atoms with Crippen molar-refractivity contribution in [1.29, 1.82) is 0 Å². The average Bonchev–Trinajstić information content (AvgIpc) is 2.76. The standard InChI is InChI=1S/C12H17NO5S2/c1-8-6-19-9(11(14)18-2)10(8)20(16,17)13-7-12(15)4-3-5-12/h6,13,15H,3-5,7H2,1-2H3. The van der Waals surface area contributed by atoms with Gasteiger partial charge in [-0.25, -0.2) is 17.9 Å². The fourth-order valence-corrected chi connectivity index (χ4v) is 4.89. The molecule has 0 bridgehead atoms. The number of sulfonamides is 1. The number of thiophene rings is 1. The molecule has 1 aromatic heterocycles. The lowest BCUT2D eigenvalue weighted by molar-refractivity contribution is -0.0270.